The fraction of sp³-hybridized carbons (Fsp3) is 0.231. The Morgan fingerprint density at radius 2 is 2.26 bits per heavy atom. The molecule has 1 aliphatic heterocycles. The largest absolute Gasteiger partial charge is 0.454 e. The van der Waals surface area contributed by atoms with E-state index < -0.39 is 0 Å². The molecule has 1 aliphatic rings. The third-order valence-corrected chi connectivity index (χ3v) is 3.61. The van der Waals surface area contributed by atoms with Gasteiger partial charge in [0.2, 0.25) is 6.79 Å². The second kappa shape index (κ2) is 4.89. The molecule has 0 aliphatic carbocycles. The van der Waals surface area contributed by atoms with Crippen molar-refractivity contribution in [3.8, 4) is 11.5 Å². The molecule has 0 spiro atoms. The Morgan fingerprint density at radius 3 is 3.05 bits per heavy atom. The smallest absolute Gasteiger partial charge is 0.254 e. The Bertz CT molecular complexity index is 624. The van der Waals surface area contributed by atoms with Gasteiger partial charge in [-0.3, -0.25) is 4.79 Å². The molecule has 2 aromatic rings. The van der Waals surface area contributed by atoms with E-state index in [-0.39, 0.29) is 12.7 Å². The zero-order valence-corrected chi connectivity index (χ0v) is 11.1. The van der Waals surface area contributed by atoms with Crippen molar-refractivity contribution in [3.63, 3.8) is 0 Å². The second-order valence-corrected chi connectivity index (χ2v) is 4.81. The van der Waals surface area contributed by atoms with Gasteiger partial charge in [0.05, 0.1) is 11.3 Å². The molecule has 19 heavy (non-hydrogen) atoms. The lowest BCUT2D eigenvalue weighted by Crippen LogP contribution is -2.23. The van der Waals surface area contributed by atoms with Crippen molar-refractivity contribution in [1.29, 1.82) is 0 Å². The van der Waals surface area contributed by atoms with Gasteiger partial charge in [0.1, 0.15) is 0 Å². The Kier molecular flexibility index (Phi) is 3.08. The van der Waals surface area contributed by atoms with Gasteiger partial charge in [-0.15, -0.1) is 0 Å². The molecule has 0 radical (unpaired) electrons. The molecule has 1 N–H and O–H groups in total. The predicted molar refractivity (Wildman–Crippen MR) is 70.6 cm³/mol. The van der Waals surface area contributed by atoms with E-state index in [4.69, 9.17) is 9.47 Å². The summed E-state index contributed by atoms with van der Waals surface area (Å²) in [5.74, 6) is 1.36. The summed E-state index contributed by atoms with van der Waals surface area (Å²) in [7, 11) is 0. The quantitative estimate of drug-likeness (QED) is 0.932. The number of aryl methyl sites for hydroxylation is 1. The monoisotopic (exact) mass is 276 g/mol. The summed E-state index contributed by atoms with van der Waals surface area (Å²) in [6.45, 7) is 2.53. The standard InChI is InChI=1S/C13H12N2O3S/c1-8-10(6-19-15-8)13(16)14-5-9-2-3-11-12(4-9)18-7-17-11/h2-4,6H,5,7H2,1H3,(H,14,16). The van der Waals surface area contributed by atoms with Gasteiger partial charge < -0.3 is 14.8 Å². The molecule has 0 bridgehead atoms. The Balaban J connectivity index is 1.66. The lowest BCUT2D eigenvalue weighted by Gasteiger charge is -2.05. The molecule has 0 atom stereocenters. The van der Waals surface area contributed by atoms with Gasteiger partial charge in [-0.05, 0) is 36.2 Å². The number of carbonyl (C=O) groups is 1. The number of benzene rings is 1. The number of rotatable bonds is 3. The van der Waals surface area contributed by atoms with Crippen LogP contribution in [0.25, 0.3) is 0 Å². The van der Waals surface area contributed by atoms with Crippen molar-refractivity contribution in [2.75, 3.05) is 6.79 Å². The minimum absolute atomic E-state index is 0.107. The van der Waals surface area contributed by atoms with E-state index in [2.05, 4.69) is 9.69 Å². The van der Waals surface area contributed by atoms with Gasteiger partial charge >= 0.3 is 0 Å². The summed E-state index contributed by atoms with van der Waals surface area (Å²) >= 11 is 1.29. The normalized spacial score (nSPS) is 12.5. The first kappa shape index (κ1) is 12.0. The first-order valence-corrected chi connectivity index (χ1v) is 6.65. The molecule has 1 aromatic carbocycles. The third kappa shape index (κ3) is 2.39. The van der Waals surface area contributed by atoms with Gasteiger partial charge in [-0.25, -0.2) is 0 Å². The third-order valence-electron chi connectivity index (χ3n) is 2.88. The van der Waals surface area contributed by atoms with E-state index in [0.717, 1.165) is 22.8 Å². The maximum Gasteiger partial charge on any atom is 0.254 e. The van der Waals surface area contributed by atoms with Gasteiger partial charge in [0, 0.05) is 11.9 Å². The number of amides is 1. The van der Waals surface area contributed by atoms with Crippen molar-refractivity contribution in [1.82, 2.24) is 9.69 Å². The van der Waals surface area contributed by atoms with Crippen molar-refractivity contribution in [2.24, 2.45) is 0 Å². The average molecular weight is 276 g/mol. The summed E-state index contributed by atoms with van der Waals surface area (Å²) in [5, 5.41) is 4.62. The Hall–Kier alpha value is -2.08. The number of hydrogen-bond donors (Lipinski definition) is 1. The first-order valence-electron chi connectivity index (χ1n) is 5.82. The van der Waals surface area contributed by atoms with Crippen LogP contribution >= 0.6 is 11.5 Å². The van der Waals surface area contributed by atoms with Crippen molar-refractivity contribution in [2.45, 2.75) is 13.5 Å². The number of hydrogen-bond acceptors (Lipinski definition) is 5. The SMILES string of the molecule is Cc1nscc1C(=O)NCc1ccc2c(c1)OCO2. The van der Waals surface area contributed by atoms with Crippen LogP contribution in [0.4, 0.5) is 0 Å². The van der Waals surface area contributed by atoms with E-state index in [1.165, 1.54) is 11.5 Å². The molecule has 6 heteroatoms. The van der Waals surface area contributed by atoms with Crippen LogP contribution < -0.4 is 14.8 Å². The number of fused-ring (bicyclic) bond motifs is 1. The molecule has 0 unspecified atom stereocenters. The minimum Gasteiger partial charge on any atom is -0.454 e. The fourth-order valence-corrected chi connectivity index (χ4v) is 2.53. The Morgan fingerprint density at radius 1 is 1.42 bits per heavy atom. The van der Waals surface area contributed by atoms with Crippen molar-refractivity contribution < 1.29 is 14.3 Å². The van der Waals surface area contributed by atoms with Crippen LogP contribution in [-0.2, 0) is 6.54 Å². The van der Waals surface area contributed by atoms with E-state index in [9.17, 15) is 4.79 Å². The molecule has 3 rings (SSSR count). The summed E-state index contributed by atoms with van der Waals surface area (Å²) in [6.07, 6.45) is 0. The average Bonchev–Trinajstić information content (AvgIpc) is 3.03. The summed E-state index contributed by atoms with van der Waals surface area (Å²) < 4.78 is 14.6. The maximum absolute atomic E-state index is 11.9. The molecular formula is C13H12N2O3S. The topological polar surface area (TPSA) is 60.5 Å². The van der Waals surface area contributed by atoms with Crippen LogP contribution in [0.3, 0.4) is 0 Å². The molecule has 5 nitrogen and oxygen atoms in total. The number of nitrogens with zero attached hydrogens (tertiary/aromatic N) is 1. The number of carbonyl (C=O) groups excluding carboxylic acids is 1. The van der Waals surface area contributed by atoms with Crippen LogP contribution in [-0.4, -0.2) is 17.1 Å². The van der Waals surface area contributed by atoms with E-state index in [1.54, 1.807) is 5.38 Å². The van der Waals surface area contributed by atoms with Gasteiger partial charge in [0.25, 0.3) is 5.91 Å². The number of aromatic nitrogens is 1. The molecule has 0 fully saturated rings. The van der Waals surface area contributed by atoms with Crippen LogP contribution in [0.1, 0.15) is 21.6 Å². The van der Waals surface area contributed by atoms with Crippen molar-refractivity contribution >= 4 is 17.4 Å². The predicted octanol–water partition coefficient (Wildman–Crippen LogP) is 2.11. The summed E-state index contributed by atoms with van der Waals surface area (Å²) in [6, 6.07) is 5.63. The highest BCUT2D eigenvalue weighted by molar-refractivity contribution is 7.03. The fourth-order valence-electron chi connectivity index (χ4n) is 1.84. The maximum atomic E-state index is 11.9. The van der Waals surface area contributed by atoms with E-state index >= 15 is 0 Å². The number of nitrogens with one attached hydrogen (secondary N) is 1. The van der Waals surface area contributed by atoms with Crippen LogP contribution in [0.2, 0.25) is 0 Å². The van der Waals surface area contributed by atoms with E-state index in [1.807, 2.05) is 25.1 Å². The second-order valence-electron chi connectivity index (χ2n) is 4.18. The van der Waals surface area contributed by atoms with Crippen LogP contribution in [0, 0.1) is 6.92 Å². The summed E-state index contributed by atoms with van der Waals surface area (Å²) in [4.78, 5) is 11.9. The molecule has 1 amide bonds. The molecule has 2 heterocycles. The highest BCUT2D eigenvalue weighted by Crippen LogP contribution is 2.32. The summed E-state index contributed by atoms with van der Waals surface area (Å²) in [5.41, 5.74) is 2.36. The molecule has 98 valence electrons. The van der Waals surface area contributed by atoms with Crippen molar-refractivity contribution in [3.05, 3.63) is 40.4 Å². The van der Waals surface area contributed by atoms with Gasteiger partial charge in [-0.2, -0.15) is 4.37 Å². The molecule has 0 saturated carbocycles. The molecule has 1 aromatic heterocycles. The zero-order chi connectivity index (χ0) is 13.2. The lowest BCUT2D eigenvalue weighted by atomic mass is 10.2. The first-order chi connectivity index (χ1) is 9.24. The van der Waals surface area contributed by atoms with Gasteiger partial charge in [0.15, 0.2) is 11.5 Å². The Labute approximate surface area is 114 Å². The zero-order valence-electron chi connectivity index (χ0n) is 10.3. The van der Waals surface area contributed by atoms with Crippen LogP contribution in [0.15, 0.2) is 23.6 Å². The van der Waals surface area contributed by atoms with E-state index in [0.29, 0.717) is 12.1 Å². The number of ether oxygens (including phenoxy) is 2. The lowest BCUT2D eigenvalue weighted by molar-refractivity contribution is 0.0950. The molecular weight excluding hydrogens is 264 g/mol. The van der Waals surface area contributed by atoms with Gasteiger partial charge in [-0.1, -0.05) is 6.07 Å². The minimum atomic E-state index is -0.107. The molecule has 0 saturated heterocycles. The highest BCUT2D eigenvalue weighted by Gasteiger charge is 2.14. The highest BCUT2D eigenvalue weighted by atomic mass is 32.1. The van der Waals surface area contributed by atoms with Crippen LogP contribution in [0.5, 0.6) is 11.5 Å².